The first kappa shape index (κ1) is 15.8. The molecule has 1 N–H and O–H groups in total. The minimum atomic E-state index is -0.152. The number of benzene rings is 1. The van der Waals surface area contributed by atoms with Crippen LogP contribution in [0.2, 0.25) is 0 Å². The van der Waals surface area contributed by atoms with E-state index < -0.39 is 0 Å². The molecule has 1 fully saturated rings. The smallest absolute Gasteiger partial charge is 0.326 e. The van der Waals surface area contributed by atoms with E-state index in [4.69, 9.17) is 0 Å². The van der Waals surface area contributed by atoms with Gasteiger partial charge in [0.15, 0.2) is 0 Å². The number of fused-ring (bicyclic) bond motifs is 1. The van der Waals surface area contributed by atoms with Crippen LogP contribution in [0.4, 0.5) is 0 Å². The SMILES string of the molecule is CC(C)CCC1CCCN1C(=O)c1ccc2[nH]c(=O)n(C)c2c1. The van der Waals surface area contributed by atoms with E-state index in [2.05, 4.69) is 18.8 Å². The van der Waals surface area contributed by atoms with Crippen molar-refractivity contribution in [2.75, 3.05) is 6.54 Å². The molecule has 1 aliphatic heterocycles. The molecule has 1 unspecified atom stereocenters. The third-order valence-corrected chi connectivity index (χ3v) is 4.87. The fourth-order valence-corrected chi connectivity index (χ4v) is 3.45. The van der Waals surface area contributed by atoms with E-state index in [0.717, 1.165) is 43.3 Å². The highest BCUT2D eigenvalue weighted by Gasteiger charge is 2.29. The molecule has 1 aromatic carbocycles. The topological polar surface area (TPSA) is 58.1 Å². The monoisotopic (exact) mass is 315 g/mol. The molecule has 1 aliphatic rings. The Balaban J connectivity index is 1.84. The van der Waals surface area contributed by atoms with Crippen LogP contribution >= 0.6 is 0 Å². The molecule has 0 saturated carbocycles. The molecule has 3 rings (SSSR count). The quantitative estimate of drug-likeness (QED) is 0.943. The number of nitrogens with one attached hydrogen (secondary N) is 1. The number of aryl methyl sites for hydroxylation is 1. The van der Waals surface area contributed by atoms with Crippen LogP contribution in [0.15, 0.2) is 23.0 Å². The van der Waals surface area contributed by atoms with Crippen molar-refractivity contribution in [3.8, 4) is 0 Å². The Labute approximate surface area is 136 Å². The molecule has 2 heterocycles. The van der Waals surface area contributed by atoms with Gasteiger partial charge in [-0.2, -0.15) is 0 Å². The number of aromatic amines is 1. The zero-order valence-electron chi connectivity index (χ0n) is 14.1. The van der Waals surface area contributed by atoms with Gasteiger partial charge in [0.05, 0.1) is 11.0 Å². The van der Waals surface area contributed by atoms with Gasteiger partial charge in [-0.25, -0.2) is 4.79 Å². The van der Waals surface area contributed by atoms with Crippen LogP contribution in [0.3, 0.4) is 0 Å². The van der Waals surface area contributed by atoms with E-state index in [1.54, 1.807) is 11.6 Å². The van der Waals surface area contributed by atoms with E-state index >= 15 is 0 Å². The number of likely N-dealkylation sites (tertiary alicyclic amines) is 1. The molecule has 23 heavy (non-hydrogen) atoms. The van der Waals surface area contributed by atoms with Gasteiger partial charge >= 0.3 is 5.69 Å². The van der Waals surface area contributed by atoms with Gasteiger partial charge < -0.3 is 9.88 Å². The number of H-pyrrole nitrogens is 1. The minimum absolute atomic E-state index is 0.0896. The van der Waals surface area contributed by atoms with E-state index in [1.165, 1.54) is 0 Å². The molecule has 5 heteroatoms. The summed E-state index contributed by atoms with van der Waals surface area (Å²) in [7, 11) is 1.72. The number of nitrogens with zero attached hydrogens (tertiary/aromatic N) is 2. The maximum Gasteiger partial charge on any atom is 0.326 e. The number of carbonyl (C=O) groups excluding carboxylic acids is 1. The summed E-state index contributed by atoms with van der Waals surface area (Å²) < 4.78 is 1.55. The predicted octanol–water partition coefficient (Wildman–Crippen LogP) is 2.91. The highest BCUT2D eigenvalue weighted by Crippen LogP contribution is 2.25. The summed E-state index contributed by atoms with van der Waals surface area (Å²) in [4.78, 5) is 29.4. The lowest BCUT2D eigenvalue weighted by Crippen LogP contribution is -2.35. The van der Waals surface area contributed by atoms with Crippen molar-refractivity contribution in [1.82, 2.24) is 14.5 Å². The van der Waals surface area contributed by atoms with Crippen molar-refractivity contribution in [2.45, 2.75) is 45.6 Å². The molecule has 1 amide bonds. The first-order valence-corrected chi connectivity index (χ1v) is 8.47. The first-order chi connectivity index (χ1) is 11.0. The van der Waals surface area contributed by atoms with Crippen LogP contribution in [0.25, 0.3) is 11.0 Å². The number of amides is 1. The van der Waals surface area contributed by atoms with Crippen molar-refractivity contribution in [3.05, 3.63) is 34.2 Å². The van der Waals surface area contributed by atoms with Crippen molar-refractivity contribution < 1.29 is 4.79 Å². The van der Waals surface area contributed by atoms with E-state index in [-0.39, 0.29) is 11.6 Å². The van der Waals surface area contributed by atoms with Gasteiger partial charge in [0, 0.05) is 25.2 Å². The minimum Gasteiger partial charge on any atom is -0.336 e. The Kier molecular flexibility index (Phi) is 4.28. The molecule has 1 atom stereocenters. The number of imidazole rings is 1. The molecule has 0 spiro atoms. The number of rotatable bonds is 4. The molecule has 124 valence electrons. The summed E-state index contributed by atoms with van der Waals surface area (Å²) in [5.41, 5.74) is 2.06. The van der Waals surface area contributed by atoms with Gasteiger partial charge in [0.1, 0.15) is 0 Å². The van der Waals surface area contributed by atoms with Crippen molar-refractivity contribution in [2.24, 2.45) is 13.0 Å². The van der Waals surface area contributed by atoms with Gasteiger partial charge in [-0.3, -0.25) is 9.36 Å². The molecular weight excluding hydrogens is 290 g/mol. The lowest BCUT2D eigenvalue weighted by Gasteiger charge is -2.25. The van der Waals surface area contributed by atoms with E-state index in [1.807, 2.05) is 23.1 Å². The summed E-state index contributed by atoms with van der Waals surface area (Å²) in [6.45, 7) is 5.29. The van der Waals surface area contributed by atoms with Crippen LogP contribution < -0.4 is 5.69 Å². The largest absolute Gasteiger partial charge is 0.336 e. The molecule has 1 aromatic heterocycles. The fraction of sp³-hybridized carbons (Fsp3) is 0.556. The first-order valence-electron chi connectivity index (χ1n) is 8.47. The van der Waals surface area contributed by atoms with E-state index in [9.17, 15) is 9.59 Å². The Morgan fingerprint density at radius 3 is 2.91 bits per heavy atom. The average molecular weight is 315 g/mol. The third-order valence-electron chi connectivity index (χ3n) is 4.87. The number of hydrogen-bond donors (Lipinski definition) is 1. The summed E-state index contributed by atoms with van der Waals surface area (Å²) in [5, 5.41) is 0. The lowest BCUT2D eigenvalue weighted by atomic mass is 10.0. The molecule has 1 saturated heterocycles. The summed E-state index contributed by atoms with van der Waals surface area (Å²) in [6.07, 6.45) is 4.41. The van der Waals surface area contributed by atoms with Crippen LogP contribution in [-0.2, 0) is 7.05 Å². The molecule has 0 aliphatic carbocycles. The molecule has 0 radical (unpaired) electrons. The Morgan fingerprint density at radius 1 is 1.39 bits per heavy atom. The second-order valence-electron chi connectivity index (χ2n) is 6.99. The predicted molar refractivity (Wildman–Crippen MR) is 91.7 cm³/mol. The lowest BCUT2D eigenvalue weighted by molar-refractivity contribution is 0.0726. The van der Waals surface area contributed by atoms with Gasteiger partial charge in [-0.05, 0) is 49.8 Å². The third kappa shape index (κ3) is 3.05. The standard InChI is InChI=1S/C18H25N3O2/c1-12(2)6-8-14-5-4-10-21(14)17(22)13-7-9-15-16(11-13)20(3)18(23)19-15/h7,9,11-12,14H,4-6,8,10H2,1-3H3,(H,19,23). The van der Waals surface area contributed by atoms with Crippen LogP contribution in [0.5, 0.6) is 0 Å². The fourth-order valence-electron chi connectivity index (χ4n) is 3.45. The van der Waals surface area contributed by atoms with Gasteiger partial charge in [0.2, 0.25) is 0 Å². The van der Waals surface area contributed by atoms with Crippen molar-refractivity contribution >= 4 is 16.9 Å². The Hall–Kier alpha value is -2.04. The van der Waals surface area contributed by atoms with Crippen molar-refractivity contribution in [1.29, 1.82) is 0 Å². The molecule has 5 nitrogen and oxygen atoms in total. The van der Waals surface area contributed by atoms with Crippen LogP contribution in [0, 0.1) is 5.92 Å². The maximum absolute atomic E-state index is 12.9. The second-order valence-corrected chi connectivity index (χ2v) is 6.99. The van der Waals surface area contributed by atoms with Gasteiger partial charge in [-0.1, -0.05) is 13.8 Å². The normalized spacial score (nSPS) is 18.3. The summed E-state index contributed by atoms with van der Waals surface area (Å²) in [5.74, 6) is 0.755. The number of aromatic nitrogens is 2. The van der Waals surface area contributed by atoms with Crippen LogP contribution in [-0.4, -0.2) is 32.9 Å². The average Bonchev–Trinajstić information content (AvgIpc) is 3.10. The molecule has 2 aromatic rings. The summed E-state index contributed by atoms with van der Waals surface area (Å²) >= 11 is 0. The number of hydrogen-bond acceptors (Lipinski definition) is 2. The molecule has 0 bridgehead atoms. The maximum atomic E-state index is 12.9. The zero-order chi connectivity index (χ0) is 16.6. The van der Waals surface area contributed by atoms with E-state index in [0.29, 0.717) is 17.5 Å². The molecular formula is C18H25N3O2. The Bertz CT molecular complexity index is 772. The highest BCUT2D eigenvalue weighted by atomic mass is 16.2. The highest BCUT2D eigenvalue weighted by molar-refractivity contribution is 5.97. The Morgan fingerprint density at radius 2 is 2.17 bits per heavy atom. The summed E-state index contributed by atoms with van der Waals surface area (Å²) in [6, 6.07) is 5.82. The zero-order valence-corrected chi connectivity index (χ0v) is 14.1. The van der Waals surface area contributed by atoms with Crippen molar-refractivity contribution in [3.63, 3.8) is 0 Å². The second kappa shape index (κ2) is 6.22. The van der Waals surface area contributed by atoms with Gasteiger partial charge in [0.25, 0.3) is 5.91 Å². The van der Waals surface area contributed by atoms with Crippen LogP contribution in [0.1, 0.15) is 49.9 Å². The van der Waals surface area contributed by atoms with Gasteiger partial charge in [-0.15, -0.1) is 0 Å². The number of carbonyl (C=O) groups is 1.